The van der Waals surface area contributed by atoms with E-state index in [1.165, 1.54) is 16.9 Å². The summed E-state index contributed by atoms with van der Waals surface area (Å²) >= 11 is 7.66. The number of fused-ring (bicyclic) bond motifs is 1. The highest BCUT2D eigenvalue weighted by Gasteiger charge is 2.23. The third-order valence-electron chi connectivity index (χ3n) is 4.19. The van der Waals surface area contributed by atoms with Gasteiger partial charge in [0.05, 0.1) is 20.5 Å². The maximum atomic E-state index is 9.44. The summed E-state index contributed by atoms with van der Waals surface area (Å²) in [7, 11) is 0. The minimum Gasteiger partial charge on any atom is -0.370 e. The summed E-state index contributed by atoms with van der Waals surface area (Å²) < 4.78 is 2.63. The summed E-state index contributed by atoms with van der Waals surface area (Å²) in [6.07, 6.45) is 3.22. The van der Waals surface area contributed by atoms with E-state index in [-0.39, 0.29) is 0 Å². The fourth-order valence-corrected chi connectivity index (χ4v) is 4.12. The molecule has 0 saturated carbocycles. The molecule has 0 bridgehead atoms. The van der Waals surface area contributed by atoms with Crippen LogP contribution in [0.3, 0.4) is 0 Å². The molecule has 2 aromatic heterocycles. The number of nitrogens with one attached hydrogen (secondary N) is 1. The molecule has 0 spiro atoms. The van der Waals surface area contributed by atoms with Crippen molar-refractivity contribution in [3.63, 3.8) is 0 Å². The van der Waals surface area contributed by atoms with Crippen LogP contribution in [0.2, 0.25) is 4.34 Å². The van der Waals surface area contributed by atoms with Gasteiger partial charge in [0, 0.05) is 12.1 Å². The first-order valence-corrected chi connectivity index (χ1v) is 9.08. The largest absolute Gasteiger partial charge is 0.370 e. The normalized spacial score (nSPS) is 13.7. The molecular weight excluding hydrogens is 340 g/mol. The van der Waals surface area contributed by atoms with Crippen LogP contribution in [-0.4, -0.2) is 16.3 Å². The Bertz CT molecular complexity index is 935. The van der Waals surface area contributed by atoms with Gasteiger partial charge < -0.3 is 5.32 Å². The van der Waals surface area contributed by atoms with Crippen molar-refractivity contribution in [1.29, 1.82) is 5.26 Å². The lowest BCUT2D eigenvalue weighted by Crippen LogP contribution is -2.08. The van der Waals surface area contributed by atoms with Gasteiger partial charge in [-0.05, 0) is 43.5 Å². The molecule has 1 aromatic carbocycles. The Morgan fingerprint density at radius 3 is 2.88 bits per heavy atom. The van der Waals surface area contributed by atoms with Crippen LogP contribution in [-0.2, 0) is 6.42 Å². The number of aromatic nitrogens is 2. The highest BCUT2D eigenvalue weighted by Crippen LogP contribution is 2.38. The number of thiophene rings is 1. The van der Waals surface area contributed by atoms with Gasteiger partial charge >= 0.3 is 0 Å². The van der Waals surface area contributed by atoms with Gasteiger partial charge in [-0.15, -0.1) is 11.3 Å². The summed E-state index contributed by atoms with van der Waals surface area (Å²) in [6, 6.07) is 13.7. The number of rotatable bonds is 2. The van der Waals surface area contributed by atoms with Crippen molar-refractivity contribution in [2.24, 2.45) is 0 Å². The molecule has 0 unspecified atom stereocenters. The van der Waals surface area contributed by atoms with Gasteiger partial charge in [-0.25, -0.2) is 4.68 Å². The van der Waals surface area contributed by atoms with Gasteiger partial charge in [-0.3, -0.25) is 0 Å². The molecule has 6 heteroatoms. The zero-order chi connectivity index (χ0) is 16.5. The van der Waals surface area contributed by atoms with Crippen molar-refractivity contribution in [2.75, 3.05) is 11.9 Å². The SMILES string of the molecule is N#Cc1ccccc1-n1nc(-c2ccc(Cl)s2)c2c1NCCCC2. The van der Waals surface area contributed by atoms with E-state index in [9.17, 15) is 5.26 Å². The van der Waals surface area contributed by atoms with Crippen molar-refractivity contribution < 1.29 is 0 Å². The number of hydrogen-bond acceptors (Lipinski definition) is 4. The zero-order valence-electron chi connectivity index (χ0n) is 12.9. The fraction of sp³-hybridized carbons (Fsp3) is 0.222. The Labute approximate surface area is 149 Å². The third-order valence-corrected chi connectivity index (χ3v) is 5.43. The van der Waals surface area contributed by atoms with E-state index in [2.05, 4.69) is 11.4 Å². The summed E-state index contributed by atoms with van der Waals surface area (Å²) in [6.45, 7) is 0.915. The van der Waals surface area contributed by atoms with Gasteiger partial charge in [-0.2, -0.15) is 10.4 Å². The second kappa shape index (κ2) is 6.31. The second-order valence-electron chi connectivity index (χ2n) is 5.70. The van der Waals surface area contributed by atoms with Gasteiger partial charge in [0.25, 0.3) is 0 Å². The van der Waals surface area contributed by atoms with Gasteiger partial charge in [0.15, 0.2) is 0 Å². The third kappa shape index (κ3) is 2.58. The smallest absolute Gasteiger partial charge is 0.133 e. The average Bonchev–Trinajstić information content (AvgIpc) is 3.10. The predicted octanol–water partition coefficient (Wildman–Crippen LogP) is 4.87. The van der Waals surface area contributed by atoms with Crippen molar-refractivity contribution in [3.05, 3.63) is 51.9 Å². The average molecular weight is 355 g/mol. The molecule has 24 heavy (non-hydrogen) atoms. The van der Waals surface area contributed by atoms with E-state index in [1.807, 2.05) is 41.1 Å². The summed E-state index contributed by atoms with van der Waals surface area (Å²) in [5.41, 5.74) is 3.59. The number of benzene rings is 1. The Kier molecular flexibility index (Phi) is 4.01. The zero-order valence-corrected chi connectivity index (χ0v) is 14.5. The van der Waals surface area contributed by atoms with Crippen molar-refractivity contribution in [1.82, 2.24) is 9.78 Å². The molecule has 4 rings (SSSR count). The van der Waals surface area contributed by atoms with Crippen molar-refractivity contribution >= 4 is 28.8 Å². The van der Waals surface area contributed by atoms with E-state index in [0.717, 1.165) is 52.2 Å². The van der Waals surface area contributed by atoms with Crippen LogP contribution in [0.5, 0.6) is 0 Å². The summed E-state index contributed by atoms with van der Waals surface area (Å²) in [4.78, 5) is 1.06. The number of nitriles is 1. The first-order valence-electron chi connectivity index (χ1n) is 7.89. The number of para-hydroxylation sites is 1. The monoisotopic (exact) mass is 354 g/mol. The van der Waals surface area contributed by atoms with Crippen LogP contribution in [0.15, 0.2) is 36.4 Å². The first kappa shape index (κ1) is 15.3. The molecular formula is C18H15ClN4S. The molecule has 120 valence electrons. The maximum Gasteiger partial charge on any atom is 0.133 e. The van der Waals surface area contributed by atoms with E-state index in [0.29, 0.717) is 5.56 Å². The van der Waals surface area contributed by atoms with Crippen LogP contribution in [0, 0.1) is 11.3 Å². The lowest BCUT2D eigenvalue weighted by molar-refractivity contribution is 0.780. The Morgan fingerprint density at radius 1 is 1.21 bits per heavy atom. The van der Waals surface area contributed by atoms with Crippen LogP contribution in [0.25, 0.3) is 16.3 Å². The van der Waals surface area contributed by atoms with Gasteiger partial charge in [0.1, 0.15) is 17.6 Å². The highest BCUT2D eigenvalue weighted by atomic mass is 35.5. The second-order valence-corrected chi connectivity index (χ2v) is 7.42. The van der Waals surface area contributed by atoms with Crippen LogP contribution < -0.4 is 5.32 Å². The molecule has 0 aliphatic carbocycles. The molecule has 0 saturated heterocycles. The Balaban J connectivity index is 1.95. The first-order chi connectivity index (χ1) is 11.8. The van der Waals surface area contributed by atoms with E-state index in [1.54, 1.807) is 0 Å². The number of halogens is 1. The Hall–Kier alpha value is -2.29. The molecule has 1 N–H and O–H groups in total. The molecule has 0 radical (unpaired) electrons. The molecule has 1 aliphatic rings. The van der Waals surface area contributed by atoms with Crippen LogP contribution in [0.1, 0.15) is 24.0 Å². The van der Waals surface area contributed by atoms with E-state index >= 15 is 0 Å². The summed E-state index contributed by atoms with van der Waals surface area (Å²) in [5, 5.41) is 17.8. The minimum absolute atomic E-state index is 0.615. The Morgan fingerprint density at radius 2 is 2.08 bits per heavy atom. The van der Waals surface area contributed by atoms with Crippen molar-refractivity contribution in [3.8, 4) is 22.3 Å². The number of hydrogen-bond donors (Lipinski definition) is 1. The molecule has 0 amide bonds. The van der Waals surface area contributed by atoms with Gasteiger partial charge in [0.2, 0.25) is 0 Å². The molecule has 3 heterocycles. The maximum absolute atomic E-state index is 9.44. The molecule has 4 nitrogen and oxygen atoms in total. The quantitative estimate of drug-likeness (QED) is 0.714. The van der Waals surface area contributed by atoms with E-state index in [4.69, 9.17) is 16.7 Å². The topological polar surface area (TPSA) is 53.6 Å². The van der Waals surface area contributed by atoms with Gasteiger partial charge in [-0.1, -0.05) is 23.7 Å². The van der Waals surface area contributed by atoms with Crippen molar-refractivity contribution in [2.45, 2.75) is 19.3 Å². The molecule has 0 atom stereocenters. The van der Waals surface area contributed by atoms with E-state index < -0.39 is 0 Å². The lowest BCUT2D eigenvalue weighted by Gasteiger charge is -2.10. The van der Waals surface area contributed by atoms with Crippen LogP contribution in [0.4, 0.5) is 5.82 Å². The highest BCUT2D eigenvalue weighted by molar-refractivity contribution is 7.19. The number of nitrogens with zero attached hydrogens (tertiary/aromatic N) is 3. The minimum atomic E-state index is 0.615. The fourth-order valence-electron chi connectivity index (χ4n) is 3.07. The standard InChI is InChI=1S/C18H15ClN4S/c19-16-9-8-15(24-16)17-13-6-3-4-10-21-18(13)23(22-17)14-7-2-1-5-12(14)11-20/h1-2,5,7-9,21H,3-4,6,10H2. The van der Waals surface area contributed by atoms with Crippen LogP contribution >= 0.6 is 22.9 Å². The molecule has 3 aromatic rings. The lowest BCUT2D eigenvalue weighted by atomic mass is 10.1. The predicted molar refractivity (Wildman–Crippen MR) is 98.0 cm³/mol. The summed E-state index contributed by atoms with van der Waals surface area (Å²) in [5.74, 6) is 0.995. The molecule has 1 aliphatic heterocycles. The number of anilines is 1. The molecule has 0 fully saturated rings.